The molecule has 55 heavy (non-hydrogen) atoms. The first-order valence-corrected chi connectivity index (χ1v) is 18.4. The average Bonchev–Trinajstić information content (AvgIpc) is 3.16. The number of methoxy groups -OCH3 is 2. The Hall–Kier alpha value is -2.96. The zero-order chi connectivity index (χ0) is 35.3. The first-order valence-electron chi connectivity index (χ1n) is 17.3. The molecule has 9 nitrogen and oxygen atoms in total. The van der Waals surface area contributed by atoms with Gasteiger partial charge in [-0.3, -0.25) is 0 Å². The van der Waals surface area contributed by atoms with Gasteiger partial charge in [0.2, 0.25) is 0 Å². The van der Waals surface area contributed by atoms with Crippen molar-refractivity contribution in [2.24, 2.45) is 0 Å². The van der Waals surface area contributed by atoms with Crippen LogP contribution in [0, 0.1) is 0 Å². The van der Waals surface area contributed by atoms with Crippen LogP contribution in [0.2, 0.25) is 0 Å². The van der Waals surface area contributed by atoms with Crippen molar-refractivity contribution < 1.29 is 14.9 Å². The summed E-state index contributed by atoms with van der Waals surface area (Å²) >= 11 is 11.8. The summed E-state index contributed by atoms with van der Waals surface area (Å²) in [6.07, 6.45) is 0. The van der Waals surface area contributed by atoms with Gasteiger partial charge in [-0.2, -0.15) is 0 Å². The van der Waals surface area contributed by atoms with Gasteiger partial charge in [-0.1, -0.05) is 74.5 Å². The number of hydrogen-bond donors (Lipinski definition) is 2. The highest BCUT2D eigenvalue weighted by Gasteiger charge is 2.14. The van der Waals surface area contributed by atoms with Gasteiger partial charge in [0.1, 0.15) is 22.5 Å². The Morgan fingerprint density at radius 1 is 0.527 bits per heavy atom. The van der Waals surface area contributed by atoms with Gasteiger partial charge < -0.3 is 35.4 Å². The summed E-state index contributed by atoms with van der Waals surface area (Å²) in [6, 6.07) is 28.5. The van der Waals surface area contributed by atoms with Crippen molar-refractivity contribution in [3.05, 3.63) is 84.9 Å². The van der Waals surface area contributed by atoms with Crippen molar-refractivity contribution in [2.45, 2.75) is 13.8 Å². The minimum atomic E-state index is 0. The largest absolute Gasteiger partial charge is 0.494 e. The summed E-state index contributed by atoms with van der Waals surface area (Å²) in [4.78, 5) is 14.3. The topological polar surface area (TPSA) is 106 Å². The van der Waals surface area contributed by atoms with Crippen LogP contribution in [0.3, 0.4) is 0 Å². The van der Waals surface area contributed by atoms with Crippen LogP contribution in [0.15, 0.2) is 84.9 Å². The predicted molar refractivity (Wildman–Crippen MR) is 247 cm³/mol. The van der Waals surface area contributed by atoms with Crippen molar-refractivity contribution >= 4 is 128 Å². The lowest BCUT2D eigenvalue weighted by atomic mass is 10.1. The minimum Gasteiger partial charge on any atom is -0.494 e. The van der Waals surface area contributed by atoms with E-state index < -0.39 is 0 Å². The molecule has 6 rings (SSSR count). The first-order chi connectivity index (χ1) is 24.6. The number of hydrogen-bond acceptors (Lipinski definition) is 8. The van der Waals surface area contributed by atoms with E-state index in [0.717, 1.165) is 119 Å². The molecule has 15 heteroatoms. The number of likely N-dealkylation sites (N-methyl/N-ethyl adjacent to an activating group) is 2. The van der Waals surface area contributed by atoms with Crippen LogP contribution in [0.25, 0.3) is 43.6 Å². The van der Waals surface area contributed by atoms with Crippen LogP contribution in [-0.4, -0.2) is 104 Å². The van der Waals surface area contributed by atoms with Crippen molar-refractivity contribution in [3.8, 4) is 11.5 Å². The van der Waals surface area contributed by atoms with Gasteiger partial charge in [0.25, 0.3) is 0 Å². The third-order valence-corrected chi connectivity index (χ3v) is 9.28. The lowest BCUT2D eigenvalue weighted by Gasteiger charge is -2.20. The molecule has 0 amide bonds. The number of halogens is 6. The van der Waals surface area contributed by atoms with Crippen LogP contribution in [-0.2, 0) is 0 Å². The molecule has 6 aromatic rings. The van der Waals surface area contributed by atoms with Crippen LogP contribution in [0.1, 0.15) is 13.8 Å². The smallest absolute Gasteiger partial charge is 0.145 e. The molecule has 304 valence electrons. The van der Waals surface area contributed by atoms with E-state index >= 15 is 0 Å². The molecule has 0 aliphatic heterocycles. The van der Waals surface area contributed by atoms with Gasteiger partial charge >= 0.3 is 0 Å². The Kier molecular flexibility index (Phi) is 25.4. The van der Waals surface area contributed by atoms with Gasteiger partial charge in [-0.25, -0.2) is 9.97 Å². The van der Waals surface area contributed by atoms with Gasteiger partial charge in [0, 0.05) is 72.6 Å². The van der Waals surface area contributed by atoms with E-state index in [1.54, 1.807) is 14.2 Å². The van der Waals surface area contributed by atoms with Crippen LogP contribution in [0.5, 0.6) is 11.5 Å². The molecular formula is C40H54Cl6N6O3. The molecule has 0 spiro atoms. The maximum atomic E-state index is 5.88. The summed E-state index contributed by atoms with van der Waals surface area (Å²) < 4.78 is 11.0. The Morgan fingerprint density at radius 3 is 1.24 bits per heavy atom. The average molecular weight is 880 g/mol. The van der Waals surface area contributed by atoms with Gasteiger partial charge in [0.05, 0.1) is 36.6 Å². The molecule has 0 aliphatic rings. The van der Waals surface area contributed by atoms with Gasteiger partial charge in [-0.05, 0) is 37.4 Å². The van der Waals surface area contributed by atoms with E-state index in [4.69, 9.17) is 42.6 Å². The van der Waals surface area contributed by atoms with E-state index in [1.807, 2.05) is 60.7 Å². The predicted octanol–water partition coefficient (Wildman–Crippen LogP) is 9.60. The maximum absolute atomic E-state index is 5.88. The van der Waals surface area contributed by atoms with E-state index in [2.05, 4.69) is 58.5 Å². The van der Waals surface area contributed by atoms with Crippen LogP contribution in [0.4, 0.5) is 11.4 Å². The number of pyridine rings is 2. The highest BCUT2D eigenvalue weighted by molar-refractivity contribution is 6.18. The first kappa shape index (κ1) is 52.0. The Labute approximate surface area is 359 Å². The molecule has 0 fully saturated rings. The second-order valence-electron chi connectivity index (χ2n) is 11.8. The summed E-state index contributed by atoms with van der Waals surface area (Å²) in [5.41, 5.74) is 5.94. The Balaban J connectivity index is 0.000000972. The fourth-order valence-electron chi connectivity index (χ4n) is 6.26. The fraction of sp³-hybridized carbons (Fsp3) is 0.350. The molecule has 0 unspecified atom stereocenters. The Bertz CT molecular complexity index is 1870. The van der Waals surface area contributed by atoms with E-state index in [9.17, 15) is 0 Å². The zero-order valence-electron chi connectivity index (χ0n) is 31.6. The van der Waals surface area contributed by atoms with Crippen LogP contribution >= 0.6 is 72.8 Å². The summed E-state index contributed by atoms with van der Waals surface area (Å²) in [7, 11) is 3.37. The summed E-state index contributed by atoms with van der Waals surface area (Å²) in [5, 5.41) is 11.7. The molecule has 0 aliphatic carbocycles. The number of nitrogens with zero attached hydrogens (tertiary/aromatic N) is 4. The van der Waals surface area contributed by atoms with Crippen molar-refractivity contribution in [3.63, 3.8) is 0 Å². The molecule has 2 heterocycles. The van der Waals surface area contributed by atoms with Gasteiger partial charge in [0.15, 0.2) is 0 Å². The number of anilines is 2. The number of nitrogens with one attached hydrogen (secondary N) is 2. The molecule has 2 aromatic heterocycles. The van der Waals surface area contributed by atoms with Crippen LogP contribution < -0.4 is 20.1 Å². The molecule has 4 aromatic carbocycles. The number of aromatic nitrogens is 2. The fourth-order valence-corrected chi connectivity index (χ4v) is 6.74. The van der Waals surface area contributed by atoms with E-state index in [0.29, 0.717) is 11.8 Å². The second-order valence-corrected chi connectivity index (χ2v) is 12.6. The number of para-hydroxylation sites is 4. The van der Waals surface area contributed by atoms with E-state index in [-0.39, 0.29) is 55.1 Å². The summed E-state index contributed by atoms with van der Waals surface area (Å²) in [5.74, 6) is 2.91. The molecular weight excluding hydrogens is 825 g/mol. The second kappa shape index (κ2) is 26.8. The Morgan fingerprint density at radius 2 is 0.891 bits per heavy atom. The number of rotatable bonds is 16. The number of ether oxygens (including phenoxy) is 2. The normalized spacial score (nSPS) is 10.3. The molecule has 0 saturated carbocycles. The molecule has 0 radical (unpaired) electrons. The number of benzene rings is 4. The molecule has 0 atom stereocenters. The van der Waals surface area contributed by atoms with Gasteiger partial charge in [-0.15, -0.1) is 72.8 Å². The van der Waals surface area contributed by atoms with E-state index in [1.165, 1.54) is 0 Å². The third-order valence-electron chi connectivity index (χ3n) is 8.94. The molecule has 0 saturated heterocycles. The minimum absolute atomic E-state index is 0. The molecule has 0 bridgehead atoms. The monoisotopic (exact) mass is 876 g/mol. The SMILES string of the molecule is CCN(CCCl)CCNc1c2ccccc2nc2c(OC)cccc12.CCN(CCCl)CCNc1c2ccccc2nc2c(OC)cccc12.Cl.Cl.Cl.Cl.O. The molecule has 4 N–H and O–H groups in total. The van der Waals surface area contributed by atoms with Crippen molar-refractivity contribution in [2.75, 3.05) is 89.0 Å². The third kappa shape index (κ3) is 13.0. The lowest BCUT2D eigenvalue weighted by molar-refractivity contribution is 0.318. The summed E-state index contributed by atoms with van der Waals surface area (Å²) in [6.45, 7) is 11.7. The highest BCUT2D eigenvalue weighted by Crippen LogP contribution is 2.36. The number of alkyl halides is 2. The highest BCUT2D eigenvalue weighted by atomic mass is 35.5. The quantitative estimate of drug-likeness (QED) is 0.0732. The van der Waals surface area contributed by atoms with Crippen molar-refractivity contribution in [1.29, 1.82) is 0 Å². The van der Waals surface area contributed by atoms with Crippen molar-refractivity contribution in [1.82, 2.24) is 19.8 Å². The maximum Gasteiger partial charge on any atom is 0.145 e. The standard InChI is InChI=1S/2C20H24ClN3O.4ClH.H2O/c2*1-3-24(13-11-21)14-12-22-19-15-7-4-5-9-17(15)23-20-16(19)8-6-10-18(20)25-2;;;;;/h2*4-10H,3,11-14H2,1-2H3,(H,22,23);4*1H;1H2. The zero-order valence-corrected chi connectivity index (χ0v) is 36.4. The number of fused-ring (bicyclic) bond motifs is 4. The lowest BCUT2D eigenvalue weighted by Crippen LogP contribution is -2.30.